The number of phenolic OH excluding ortho intramolecular Hbond substituents is 1. The fourth-order valence-electron chi connectivity index (χ4n) is 2.15. The average Bonchev–Trinajstić information content (AvgIpc) is 3.01. The zero-order valence-corrected chi connectivity index (χ0v) is 11.1. The number of nitrogens with zero attached hydrogens (tertiary/aromatic N) is 4. The van der Waals surface area contributed by atoms with Crippen molar-refractivity contribution in [3.05, 3.63) is 72.1 Å². The Bertz CT molecular complexity index is 786. The van der Waals surface area contributed by atoms with E-state index >= 15 is 0 Å². The molecule has 1 N–H and O–H groups in total. The number of aromatic nitrogens is 3. The van der Waals surface area contributed by atoms with E-state index in [-0.39, 0.29) is 5.75 Å². The zero-order chi connectivity index (χ0) is 14.7. The van der Waals surface area contributed by atoms with Crippen LogP contribution in [0.1, 0.15) is 5.56 Å². The summed E-state index contributed by atoms with van der Waals surface area (Å²) in [7, 11) is 0. The Hall–Kier alpha value is -3.13. The van der Waals surface area contributed by atoms with Gasteiger partial charge in [-0.15, -0.1) is 0 Å². The smallest absolute Gasteiger partial charge is 0.195 e. The predicted octanol–water partition coefficient (Wildman–Crippen LogP) is 3.25. The second kappa shape index (κ2) is 5.47. The van der Waals surface area contributed by atoms with Crippen molar-refractivity contribution in [1.82, 2.24) is 14.8 Å². The van der Waals surface area contributed by atoms with Crippen molar-refractivity contribution in [3.63, 3.8) is 0 Å². The van der Waals surface area contributed by atoms with Gasteiger partial charge in [0.1, 0.15) is 18.4 Å². The van der Waals surface area contributed by atoms with E-state index in [4.69, 9.17) is 6.57 Å². The maximum absolute atomic E-state index is 9.34. The van der Waals surface area contributed by atoms with Crippen molar-refractivity contribution in [2.45, 2.75) is 6.54 Å². The molecule has 0 amide bonds. The summed E-state index contributed by atoms with van der Waals surface area (Å²) in [6, 6.07) is 12.6. The van der Waals surface area contributed by atoms with E-state index in [9.17, 15) is 5.11 Å². The van der Waals surface area contributed by atoms with Crippen LogP contribution in [0.4, 0.5) is 5.69 Å². The van der Waals surface area contributed by atoms with Crippen LogP contribution < -0.4 is 0 Å². The molecule has 3 aromatic rings. The van der Waals surface area contributed by atoms with Crippen molar-refractivity contribution in [1.29, 1.82) is 0 Å². The van der Waals surface area contributed by atoms with Crippen LogP contribution in [0.25, 0.3) is 16.0 Å². The highest BCUT2D eigenvalue weighted by atomic mass is 16.3. The van der Waals surface area contributed by atoms with Crippen molar-refractivity contribution in [2.24, 2.45) is 0 Å². The molecule has 5 heteroatoms. The van der Waals surface area contributed by atoms with Crippen LogP contribution in [0, 0.1) is 6.57 Å². The molecule has 5 nitrogen and oxygen atoms in total. The molecular formula is C16H12N4O. The Labute approximate surface area is 121 Å². The maximum Gasteiger partial charge on any atom is 0.195 e. The van der Waals surface area contributed by atoms with Crippen LogP contribution >= 0.6 is 0 Å². The Morgan fingerprint density at radius 2 is 1.95 bits per heavy atom. The molecule has 0 aliphatic carbocycles. The molecule has 0 fully saturated rings. The van der Waals surface area contributed by atoms with Gasteiger partial charge in [-0.3, -0.25) is 0 Å². The minimum atomic E-state index is 0.214. The highest BCUT2D eigenvalue weighted by Crippen LogP contribution is 2.32. The van der Waals surface area contributed by atoms with Gasteiger partial charge in [-0.2, -0.15) is 5.10 Å². The van der Waals surface area contributed by atoms with Gasteiger partial charge in [-0.25, -0.2) is 14.5 Å². The SMILES string of the molecule is [C-]#[N+]c1cc(Cn2cncn2)ccc1-c1ccc(O)cc1. The van der Waals surface area contributed by atoms with E-state index in [0.717, 1.165) is 16.7 Å². The quantitative estimate of drug-likeness (QED) is 0.747. The first kappa shape index (κ1) is 12.9. The summed E-state index contributed by atoms with van der Waals surface area (Å²) in [5.74, 6) is 0.214. The van der Waals surface area contributed by atoms with E-state index in [1.807, 2.05) is 18.2 Å². The van der Waals surface area contributed by atoms with E-state index in [1.54, 1.807) is 35.3 Å². The third kappa shape index (κ3) is 2.74. The highest BCUT2D eigenvalue weighted by Gasteiger charge is 2.07. The van der Waals surface area contributed by atoms with Gasteiger partial charge < -0.3 is 5.11 Å². The van der Waals surface area contributed by atoms with Crippen molar-refractivity contribution in [2.75, 3.05) is 0 Å². The van der Waals surface area contributed by atoms with Crippen molar-refractivity contribution < 1.29 is 5.11 Å². The maximum atomic E-state index is 9.34. The zero-order valence-electron chi connectivity index (χ0n) is 11.1. The summed E-state index contributed by atoms with van der Waals surface area (Å²) in [6.07, 6.45) is 3.13. The van der Waals surface area contributed by atoms with E-state index in [1.165, 1.54) is 6.33 Å². The topological polar surface area (TPSA) is 55.3 Å². The summed E-state index contributed by atoms with van der Waals surface area (Å²) < 4.78 is 1.71. The molecule has 0 radical (unpaired) electrons. The molecule has 0 aliphatic rings. The Balaban J connectivity index is 1.96. The molecular weight excluding hydrogens is 264 g/mol. The van der Waals surface area contributed by atoms with Crippen LogP contribution in [-0.2, 0) is 6.54 Å². The lowest BCUT2D eigenvalue weighted by Crippen LogP contribution is -1.99. The molecule has 0 bridgehead atoms. The largest absolute Gasteiger partial charge is 0.508 e. The summed E-state index contributed by atoms with van der Waals surface area (Å²) in [4.78, 5) is 7.50. The van der Waals surface area contributed by atoms with Gasteiger partial charge in [0, 0.05) is 0 Å². The third-order valence-corrected chi connectivity index (χ3v) is 3.17. The summed E-state index contributed by atoms with van der Waals surface area (Å²) in [5, 5.41) is 13.4. The lowest BCUT2D eigenvalue weighted by molar-refractivity contribution is 0.475. The molecule has 2 aromatic carbocycles. The first-order valence-electron chi connectivity index (χ1n) is 6.38. The van der Waals surface area contributed by atoms with Gasteiger partial charge in [-0.05, 0) is 28.8 Å². The lowest BCUT2D eigenvalue weighted by Gasteiger charge is -2.08. The molecule has 3 rings (SSSR count). The fourth-order valence-corrected chi connectivity index (χ4v) is 2.15. The number of hydrogen-bond acceptors (Lipinski definition) is 3. The lowest BCUT2D eigenvalue weighted by atomic mass is 10.0. The number of aromatic hydroxyl groups is 1. The molecule has 0 spiro atoms. The number of phenols is 1. The van der Waals surface area contributed by atoms with Crippen LogP contribution in [0.15, 0.2) is 55.1 Å². The summed E-state index contributed by atoms with van der Waals surface area (Å²) in [6.45, 7) is 7.95. The second-order valence-electron chi connectivity index (χ2n) is 4.60. The molecule has 102 valence electrons. The summed E-state index contributed by atoms with van der Waals surface area (Å²) >= 11 is 0. The van der Waals surface area contributed by atoms with E-state index < -0.39 is 0 Å². The fraction of sp³-hybridized carbons (Fsp3) is 0.0625. The number of rotatable bonds is 3. The monoisotopic (exact) mass is 276 g/mol. The van der Waals surface area contributed by atoms with Gasteiger partial charge in [0.2, 0.25) is 0 Å². The van der Waals surface area contributed by atoms with Gasteiger partial charge in [0.25, 0.3) is 0 Å². The third-order valence-electron chi connectivity index (χ3n) is 3.17. The van der Waals surface area contributed by atoms with Gasteiger partial charge in [0.05, 0.1) is 13.1 Å². The molecule has 0 unspecified atom stereocenters. The molecule has 0 atom stereocenters. The predicted molar refractivity (Wildman–Crippen MR) is 78.9 cm³/mol. The van der Waals surface area contributed by atoms with Crippen LogP contribution in [0.5, 0.6) is 5.75 Å². The number of benzene rings is 2. The first-order valence-corrected chi connectivity index (χ1v) is 6.38. The van der Waals surface area contributed by atoms with E-state index in [0.29, 0.717) is 12.2 Å². The van der Waals surface area contributed by atoms with Crippen LogP contribution in [0.3, 0.4) is 0 Å². The Morgan fingerprint density at radius 3 is 2.62 bits per heavy atom. The average molecular weight is 276 g/mol. The normalized spacial score (nSPS) is 10.2. The molecule has 0 saturated carbocycles. The minimum Gasteiger partial charge on any atom is -0.508 e. The van der Waals surface area contributed by atoms with Crippen LogP contribution in [-0.4, -0.2) is 19.9 Å². The Morgan fingerprint density at radius 1 is 1.14 bits per heavy atom. The van der Waals surface area contributed by atoms with Gasteiger partial charge >= 0.3 is 0 Å². The summed E-state index contributed by atoms with van der Waals surface area (Å²) in [5.41, 5.74) is 3.34. The molecule has 0 saturated heterocycles. The number of hydrogen-bond donors (Lipinski definition) is 1. The Kier molecular flexibility index (Phi) is 3.36. The van der Waals surface area contributed by atoms with Crippen LogP contribution in [0.2, 0.25) is 0 Å². The first-order chi connectivity index (χ1) is 10.3. The minimum absolute atomic E-state index is 0.214. The van der Waals surface area contributed by atoms with Crippen molar-refractivity contribution in [3.8, 4) is 16.9 Å². The van der Waals surface area contributed by atoms with Gasteiger partial charge in [-0.1, -0.05) is 30.3 Å². The standard InChI is InChI=1S/C16H12N4O/c1-17-16-8-12(9-20-11-18-10-19-20)2-7-15(16)13-3-5-14(21)6-4-13/h2-8,10-11,21H,9H2. The van der Waals surface area contributed by atoms with E-state index in [2.05, 4.69) is 14.9 Å². The molecule has 0 aliphatic heterocycles. The second-order valence-corrected chi connectivity index (χ2v) is 4.60. The molecule has 1 aromatic heterocycles. The highest BCUT2D eigenvalue weighted by molar-refractivity contribution is 5.79. The molecule has 1 heterocycles. The molecule has 21 heavy (non-hydrogen) atoms. The van der Waals surface area contributed by atoms with Crippen molar-refractivity contribution >= 4 is 5.69 Å². The van der Waals surface area contributed by atoms with Gasteiger partial charge in [0.15, 0.2) is 5.69 Å².